The van der Waals surface area contributed by atoms with E-state index in [1.807, 2.05) is 0 Å². The van der Waals surface area contributed by atoms with Crippen molar-refractivity contribution in [3.63, 3.8) is 0 Å². The number of anilines is 1. The molecule has 2 heterocycles. The fraction of sp³-hybridized carbons (Fsp3) is 0.400. The van der Waals surface area contributed by atoms with Crippen LogP contribution >= 0.6 is 0 Å². The number of aromatic nitrogens is 2. The summed E-state index contributed by atoms with van der Waals surface area (Å²) in [5.41, 5.74) is 6.69. The van der Waals surface area contributed by atoms with E-state index < -0.39 is 5.97 Å². The molecule has 1 aliphatic rings. The van der Waals surface area contributed by atoms with Crippen LogP contribution < -0.4 is 10.6 Å². The number of rotatable bonds is 3. The molecular weight excluding hydrogens is 268 g/mol. The third-order valence-electron chi connectivity index (χ3n) is 4.01. The molecule has 3 rings (SSSR count). The van der Waals surface area contributed by atoms with Crippen molar-refractivity contribution in [3.8, 4) is 0 Å². The van der Waals surface area contributed by atoms with E-state index in [4.69, 9.17) is 10.8 Å². The molecule has 1 aromatic heterocycles. The summed E-state index contributed by atoms with van der Waals surface area (Å²) < 4.78 is 0. The monoisotopic (exact) mass is 286 g/mol. The molecule has 21 heavy (non-hydrogen) atoms. The zero-order valence-corrected chi connectivity index (χ0v) is 11.7. The third kappa shape index (κ3) is 2.67. The van der Waals surface area contributed by atoms with Crippen molar-refractivity contribution in [2.75, 3.05) is 24.5 Å². The number of hydrogen-bond acceptors (Lipinski definition) is 5. The van der Waals surface area contributed by atoms with E-state index in [-0.39, 0.29) is 5.56 Å². The summed E-state index contributed by atoms with van der Waals surface area (Å²) in [5.74, 6) is 0.412. The van der Waals surface area contributed by atoms with Crippen LogP contribution in [0.2, 0.25) is 0 Å². The van der Waals surface area contributed by atoms with Crippen molar-refractivity contribution in [1.82, 2.24) is 9.97 Å². The van der Waals surface area contributed by atoms with Gasteiger partial charge in [0.2, 0.25) is 0 Å². The van der Waals surface area contributed by atoms with Gasteiger partial charge in [-0.05, 0) is 43.5 Å². The molecule has 0 aliphatic carbocycles. The first kappa shape index (κ1) is 13.8. The Labute approximate surface area is 122 Å². The summed E-state index contributed by atoms with van der Waals surface area (Å²) in [6, 6.07) is 4.98. The number of aromatic carboxylic acids is 1. The fourth-order valence-electron chi connectivity index (χ4n) is 2.88. The summed E-state index contributed by atoms with van der Waals surface area (Å²) in [4.78, 5) is 21.9. The summed E-state index contributed by atoms with van der Waals surface area (Å²) in [6.07, 6.45) is 3.75. The highest BCUT2D eigenvalue weighted by molar-refractivity contribution is 5.96. The molecule has 2 aromatic rings. The van der Waals surface area contributed by atoms with E-state index >= 15 is 0 Å². The molecule has 1 unspecified atom stereocenters. The smallest absolute Gasteiger partial charge is 0.335 e. The summed E-state index contributed by atoms with van der Waals surface area (Å²) in [7, 11) is 0. The van der Waals surface area contributed by atoms with Gasteiger partial charge in [-0.2, -0.15) is 0 Å². The number of hydrogen-bond donors (Lipinski definition) is 2. The molecule has 0 radical (unpaired) electrons. The molecule has 6 nitrogen and oxygen atoms in total. The number of nitrogens with zero attached hydrogens (tertiary/aromatic N) is 3. The van der Waals surface area contributed by atoms with Gasteiger partial charge in [0.25, 0.3) is 0 Å². The molecule has 0 bridgehead atoms. The van der Waals surface area contributed by atoms with Gasteiger partial charge >= 0.3 is 5.97 Å². The quantitative estimate of drug-likeness (QED) is 0.888. The Balaban J connectivity index is 2.00. The Kier molecular flexibility index (Phi) is 3.70. The summed E-state index contributed by atoms with van der Waals surface area (Å²) in [5, 5.41) is 9.95. The Morgan fingerprint density at radius 3 is 3.05 bits per heavy atom. The van der Waals surface area contributed by atoms with Crippen molar-refractivity contribution in [1.29, 1.82) is 0 Å². The lowest BCUT2D eigenvalue weighted by molar-refractivity contribution is 0.0697. The van der Waals surface area contributed by atoms with Gasteiger partial charge in [0.1, 0.15) is 12.1 Å². The largest absolute Gasteiger partial charge is 0.478 e. The molecule has 1 aromatic carbocycles. The predicted molar refractivity (Wildman–Crippen MR) is 80.5 cm³/mol. The Bertz CT molecular complexity index is 674. The Hall–Kier alpha value is -2.21. The highest BCUT2D eigenvalue weighted by Gasteiger charge is 2.21. The van der Waals surface area contributed by atoms with Crippen molar-refractivity contribution < 1.29 is 9.90 Å². The molecule has 0 spiro atoms. The topological polar surface area (TPSA) is 92.3 Å². The first-order chi connectivity index (χ1) is 10.2. The zero-order chi connectivity index (χ0) is 14.8. The minimum Gasteiger partial charge on any atom is -0.478 e. The van der Waals surface area contributed by atoms with E-state index in [1.54, 1.807) is 18.2 Å². The second-order valence-electron chi connectivity index (χ2n) is 5.42. The van der Waals surface area contributed by atoms with Crippen LogP contribution in [-0.4, -0.2) is 40.7 Å². The van der Waals surface area contributed by atoms with E-state index in [0.29, 0.717) is 18.0 Å². The first-order valence-electron chi connectivity index (χ1n) is 7.12. The average Bonchev–Trinajstić information content (AvgIpc) is 2.53. The maximum absolute atomic E-state index is 11.0. The van der Waals surface area contributed by atoms with Gasteiger partial charge in [0, 0.05) is 18.5 Å². The summed E-state index contributed by atoms with van der Waals surface area (Å²) in [6.45, 7) is 2.52. The Morgan fingerprint density at radius 2 is 2.29 bits per heavy atom. The van der Waals surface area contributed by atoms with E-state index in [2.05, 4.69) is 14.9 Å². The highest BCUT2D eigenvalue weighted by atomic mass is 16.4. The zero-order valence-electron chi connectivity index (χ0n) is 11.7. The van der Waals surface area contributed by atoms with E-state index in [1.165, 1.54) is 6.33 Å². The number of carboxylic acids is 1. The van der Waals surface area contributed by atoms with Gasteiger partial charge in [0.05, 0.1) is 11.1 Å². The van der Waals surface area contributed by atoms with Crippen molar-refractivity contribution in [2.24, 2.45) is 11.7 Å². The van der Waals surface area contributed by atoms with Gasteiger partial charge < -0.3 is 15.7 Å². The predicted octanol–water partition coefficient (Wildman–Crippen LogP) is 1.50. The van der Waals surface area contributed by atoms with Crippen LogP contribution in [0.5, 0.6) is 0 Å². The minimum atomic E-state index is -0.946. The van der Waals surface area contributed by atoms with E-state index in [9.17, 15) is 4.79 Å². The number of nitrogens with two attached hydrogens (primary N) is 1. The lowest BCUT2D eigenvalue weighted by Gasteiger charge is -2.33. The van der Waals surface area contributed by atoms with Gasteiger partial charge in [-0.25, -0.2) is 14.8 Å². The van der Waals surface area contributed by atoms with Gasteiger partial charge in [-0.1, -0.05) is 0 Å². The molecule has 1 aliphatic heterocycles. The molecular formula is C15H18N4O2. The second kappa shape index (κ2) is 5.65. The van der Waals surface area contributed by atoms with Gasteiger partial charge in [-0.15, -0.1) is 0 Å². The standard InChI is InChI=1S/C15H18N4O2/c16-7-10-2-1-5-19(8-10)14-12-4-3-11(15(20)21)6-13(12)17-9-18-14/h3-4,6,9-10H,1-2,5,7-8,16H2,(H,20,21). The van der Waals surface area contributed by atoms with Crippen LogP contribution in [0.4, 0.5) is 5.82 Å². The van der Waals surface area contributed by atoms with Crippen molar-refractivity contribution in [2.45, 2.75) is 12.8 Å². The molecule has 0 amide bonds. The van der Waals surface area contributed by atoms with Crippen LogP contribution in [0.1, 0.15) is 23.2 Å². The normalized spacial score (nSPS) is 18.9. The number of piperidine rings is 1. The van der Waals surface area contributed by atoms with Crippen LogP contribution in [-0.2, 0) is 0 Å². The SMILES string of the molecule is NCC1CCCN(c2ncnc3cc(C(=O)O)ccc23)C1. The van der Waals surface area contributed by atoms with Crippen molar-refractivity contribution >= 4 is 22.7 Å². The lowest BCUT2D eigenvalue weighted by atomic mass is 9.98. The third-order valence-corrected chi connectivity index (χ3v) is 4.01. The van der Waals surface area contributed by atoms with E-state index in [0.717, 1.165) is 37.1 Å². The molecule has 110 valence electrons. The molecule has 1 fully saturated rings. The highest BCUT2D eigenvalue weighted by Crippen LogP contribution is 2.27. The molecule has 3 N–H and O–H groups in total. The molecule has 1 saturated heterocycles. The Morgan fingerprint density at radius 1 is 1.43 bits per heavy atom. The second-order valence-corrected chi connectivity index (χ2v) is 5.42. The maximum Gasteiger partial charge on any atom is 0.335 e. The number of carbonyl (C=O) groups is 1. The summed E-state index contributed by atoms with van der Waals surface area (Å²) >= 11 is 0. The molecule has 0 saturated carbocycles. The minimum absolute atomic E-state index is 0.241. The number of fused-ring (bicyclic) bond motifs is 1. The average molecular weight is 286 g/mol. The van der Waals surface area contributed by atoms with Crippen LogP contribution in [0, 0.1) is 5.92 Å². The van der Waals surface area contributed by atoms with Gasteiger partial charge in [-0.3, -0.25) is 0 Å². The maximum atomic E-state index is 11.0. The van der Waals surface area contributed by atoms with Crippen molar-refractivity contribution in [3.05, 3.63) is 30.1 Å². The van der Waals surface area contributed by atoms with Crippen LogP contribution in [0.3, 0.4) is 0 Å². The molecule has 6 heteroatoms. The van der Waals surface area contributed by atoms with Crippen LogP contribution in [0.15, 0.2) is 24.5 Å². The fourth-order valence-corrected chi connectivity index (χ4v) is 2.88. The first-order valence-corrected chi connectivity index (χ1v) is 7.12. The number of benzene rings is 1. The van der Waals surface area contributed by atoms with Crippen LogP contribution in [0.25, 0.3) is 10.9 Å². The lowest BCUT2D eigenvalue weighted by Crippen LogP contribution is -2.38. The number of carboxylic acid groups (broad SMARTS) is 1. The van der Waals surface area contributed by atoms with Gasteiger partial charge in [0.15, 0.2) is 0 Å². The molecule has 1 atom stereocenters.